The topological polar surface area (TPSA) is 38.0 Å². The fourth-order valence-corrected chi connectivity index (χ4v) is 2.25. The van der Waals surface area contributed by atoms with E-state index in [1.54, 1.807) is 0 Å². The zero-order valence-corrected chi connectivity index (χ0v) is 12.9. The highest BCUT2D eigenvalue weighted by molar-refractivity contribution is 14.1. The van der Waals surface area contributed by atoms with Crippen LogP contribution in [0.3, 0.4) is 0 Å². The number of benzene rings is 2. The molecule has 0 bridgehead atoms. The third-order valence-corrected chi connectivity index (χ3v) is 3.59. The Hall–Kier alpha value is -1.14. The molecule has 0 saturated carbocycles. The molecule has 0 spiro atoms. The lowest BCUT2D eigenvalue weighted by Gasteiger charge is -2.14. The molecule has 0 fully saturated rings. The predicted molar refractivity (Wildman–Crippen MR) is 89.5 cm³/mol. The summed E-state index contributed by atoms with van der Waals surface area (Å²) >= 11 is 7.37. The van der Waals surface area contributed by atoms with Crippen LogP contribution in [0.1, 0.15) is 11.1 Å². The first kappa shape index (κ1) is 13.3. The summed E-state index contributed by atoms with van der Waals surface area (Å²) in [5.41, 5.74) is 9.76. The van der Waals surface area contributed by atoms with Gasteiger partial charge in [-0.25, -0.2) is 0 Å². The van der Waals surface area contributed by atoms with Crippen molar-refractivity contribution in [2.24, 2.45) is 5.73 Å². The Bertz CT molecular complexity index is 579. The molecule has 0 amide bonds. The molecule has 2 rings (SSSR count). The lowest BCUT2D eigenvalue weighted by molar-refractivity contribution is 1.41. The van der Waals surface area contributed by atoms with Gasteiger partial charge in [0.1, 0.15) is 4.99 Å². The Balaban J connectivity index is 2.39. The van der Waals surface area contributed by atoms with Gasteiger partial charge in [-0.3, -0.25) is 0 Å². The quantitative estimate of drug-likeness (QED) is 0.636. The van der Waals surface area contributed by atoms with E-state index in [2.05, 4.69) is 40.0 Å². The minimum absolute atomic E-state index is 0.409. The Morgan fingerprint density at radius 2 is 1.83 bits per heavy atom. The van der Waals surface area contributed by atoms with E-state index in [0.717, 1.165) is 22.5 Å². The van der Waals surface area contributed by atoms with Crippen molar-refractivity contribution in [3.8, 4) is 0 Å². The maximum Gasteiger partial charge on any atom is 0.106 e. The van der Waals surface area contributed by atoms with Gasteiger partial charge in [0.05, 0.1) is 5.69 Å². The maximum atomic E-state index is 5.75. The number of hydrogen-bond donors (Lipinski definition) is 2. The van der Waals surface area contributed by atoms with E-state index in [0.29, 0.717) is 4.99 Å². The molecule has 0 radical (unpaired) electrons. The van der Waals surface area contributed by atoms with E-state index in [-0.39, 0.29) is 0 Å². The normalized spacial score (nSPS) is 10.1. The van der Waals surface area contributed by atoms with Crippen LogP contribution >= 0.6 is 34.8 Å². The maximum absolute atomic E-state index is 5.75. The van der Waals surface area contributed by atoms with Crippen LogP contribution in [-0.2, 0) is 0 Å². The molecule has 2 nitrogen and oxygen atoms in total. The molecule has 0 aromatic heterocycles. The monoisotopic (exact) mass is 368 g/mol. The van der Waals surface area contributed by atoms with E-state index < -0.39 is 0 Å². The fraction of sp³-hybridized carbons (Fsp3) is 0.0714. The Morgan fingerprint density at radius 1 is 1.17 bits per heavy atom. The highest BCUT2D eigenvalue weighted by Gasteiger charge is 2.07. The Morgan fingerprint density at radius 3 is 2.44 bits per heavy atom. The molecule has 2 aromatic rings. The van der Waals surface area contributed by atoms with Crippen molar-refractivity contribution >= 4 is 51.2 Å². The van der Waals surface area contributed by atoms with Gasteiger partial charge in [-0.15, -0.1) is 0 Å². The zero-order chi connectivity index (χ0) is 13.1. The van der Waals surface area contributed by atoms with Gasteiger partial charge in [0.25, 0.3) is 0 Å². The summed E-state index contributed by atoms with van der Waals surface area (Å²) < 4.78 is 1.21. The highest BCUT2D eigenvalue weighted by Crippen LogP contribution is 2.25. The molecule has 2 aromatic carbocycles. The summed E-state index contributed by atoms with van der Waals surface area (Å²) in [5.74, 6) is 0. The highest BCUT2D eigenvalue weighted by atomic mass is 127. The standard InChI is InChI=1S/C14H13IN2S/c1-9-3-2-4-12(14(16)18)13(9)17-11-7-5-10(15)6-8-11/h2-8,17H,1H3,(H2,16,18). The molecule has 4 heteroatoms. The zero-order valence-electron chi connectivity index (χ0n) is 9.91. The molecule has 18 heavy (non-hydrogen) atoms. The molecule has 0 unspecified atom stereocenters. The average Bonchev–Trinajstić information content (AvgIpc) is 2.34. The van der Waals surface area contributed by atoms with E-state index >= 15 is 0 Å². The number of hydrogen-bond acceptors (Lipinski definition) is 2. The van der Waals surface area contributed by atoms with Crippen molar-refractivity contribution in [2.45, 2.75) is 6.92 Å². The number of thiocarbonyl (C=S) groups is 1. The van der Waals surface area contributed by atoms with Crippen LogP contribution in [0.2, 0.25) is 0 Å². The third-order valence-electron chi connectivity index (χ3n) is 2.65. The van der Waals surface area contributed by atoms with Crippen LogP contribution in [0.25, 0.3) is 0 Å². The minimum Gasteiger partial charge on any atom is -0.389 e. The molecule has 0 saturated heterocycles. The van der Waals surface area contributed by atoms with Crippen LogP contribution in [-0.4, -0.2) is 4.99 Å². The van der Waals surface area contributed by atoms with Crippen LogP contribution in [0, 0.1) is 10.5 Å². The summed E-state index contributed by atoms with van der Waals surface area (Å²) in [5, 5.41) is 3.38. The fourth-order valence-electron chi connectivity index (χ4n) is 1.72. The van der Waals surface area contributed by atoms with Crippen molar-refractivity contribution in [3.05, 3.63) is 57.2 Å². The first-order valence-corrected chi connectivity index (χ1v) is 6.98. The number of halogens is 1. The van der Waals surface area contributed by atoms with E-state index in [9.17, 15) is 0 Å². The summed E-state index contributed by atoms with van der Waals surface area (Å²) in [4.78, 5) is 0.409. The Kier molecular flexibility index (Phi) is 4.19. The van der Waals surface area contributed by atoms with Crippen LogP contribution in [0.4, 0.5) is 11.4 Å². The summed E-state index contributed by atoms with van der Waals surface area (Å²) in [6.45, 7) is 2.04. The van der Waals surface area contributed by atoms with Gasteiger partial charge in [0.15, 0.2) is 0 Å². The second-order valence-electron chi connectivity index (χ2n) is 3.99. The lowest BCUT2D eigenvalue weighted by Crippen LogP contribution is -2.12. The number of nitrogens with two attached hydrogens (primary N) is 1. The predicted octanol–water partition coefficient (Wildman–Crippen LogP) is 3.98. The third kappa shape index (κ3) is 3.00. The van der Waals surface area contributed by atoms with Gasteiger partial charge < -0.3 is 11.1 Å². The van der Waals surface area contributed by atoms with E-state index in [1.165, 1.54) is 3.57 Å². The van der Waals surface area contributed by atoms with Crippen LogP contribution in [0.5, 0.6) is 0 Å². The smallest absolute Gasteiger partial charge is 0.106 e. The van der Waals surface area contributed by atoms with Crippen molar-refractivity contribution in [1.29, 1.82) is 0 Å². The second-order valence-corrected chi connectivity index (χ2v) is 5.68. The molecule has 3 N–H and O–H groups in total. The molecule has 0 atom stereocenters. The molecular formula is C14H13IN2S. The first-order chi connectivity index (χ1) is 8.58. The summed E-state index contributed by atoms with van der Waals surface area (Å²) in [7, 11) is 0. The van der Waals surface area contributed by atoms with E-state index in [1.807, 2.05) is 37.3 Å². The van der Waals surface area contributed by atoms with Gasteiger partial charge >= 0.3 is 0 Å². The van der Waals surface area contributed by atoms with Crippen molar-refractivity contribution in [3.63, 3.8) is 0 Å². The molecule has 0 heterocycles. The number of para-hydroxylation sites is 1. The number of nitrogens with one attached hydrogen (secondary N) is 1. The van der Waals surface area contributed by atoms with Crippen molar-refractivity contribution < 1.29 is 0 Å². The van der Waals surface area contributed by atoms with Crippen LogP contribution < -0.4 is 11.1 Å². The number of aryl methyl sites for hydroxylation is 1. The Labute approximate surface area is 126 Å². The van der Waals surface area contributed by atoms with Gasteiger partial charge in [0, 0.05) is 14.8 Å². The minimum atomic E-state index is 0.409. The van der Waals surface area contributed by atoms with Crippen molar-refractivity contribution in [2.75, 3.05) is 5.32 Å². The molecular weight excluding hydrogens is 355 g/mol. The molecule has 0 aliphatic heterocycles. The van der Waals surface area contributed by atoms with Gasteiger partial charge in [-0.05, 0) is 65.4 Å². The number of rotatable bonds is 3. The van der Waals surface area contributed by atoms with Crippen LogP contribution in [0.15, 0.2) is 42.5 Å². The number of anilines is 2. The van der Waals surface area contributed by atoms with Gasteiger partial charge in [-0.2, -0.15) is 0 Å². The first-order valence-electron chi connectivity index (χ1n) is 5.50. The van der Waals surface area contributed by atoms with Gasteiger partial charge in [0.2, 0.25) is 0 Å². The summed E-state index contributed by atoms with van der Waals surface area (Å²) in [6.07, 6.45) is 0. The molecule has 0 aliphatic carbocycles. The van der Waals surface area contributed by atoms with Crippen molar-refractivity contribution in [1.82, 2.24) is 0 Å². The average molecular weight is 368 g/mol. The summed E-state index contributed by atoms with van der Waals surface area (Å²) in [6, 6.07) is 14.1. The van der Waals surface area contributed by atoms with E-state index in [4.69, 9.17) is 18.0 Å². The molecule has 0 aliphatic rings. The largest absolute Gasteiger partial charge is 0.389 e. The lowest BCUT2D eigenvalue weighted by atomic mass is 10.1. The second kappa shape index (κ2) is 5.67. The molecule has 92 valence electrons. The van der Waals surface area contributed by atoms with Gasteiger partial charge in [-0.1, -0.05) is 24.4 Å². The SMILES string of the molecule is Cc1cccc(C(N)=S)c1Nc1ccc(I)cc1.